The standard InChI is InChI=1S/C9H12BrClN2O/c1-5-6(10)4-12-8(7(5)11)9(2,3)13-14/h12H,4H2,1-3H3. The molecule has 1 aliphatic rings. The lowest BCUT2D eigenvalue weighted by atomic mass is 9.97. The first-order valence-corrected chi connectivity index (χ1v) is 5.41. The molecule has 0 bridgehead atoms. The Morgan fingerprint density at radius 3 is 2.64 bits per heavy atom. The smallest absolute Gasteiger partial charge is 0.138 e. The number of halogens is 2. The summed E-state index contributed by atoms with van der Waals surface area (Å²) in [6, 6.07) is 0. The van der Waals surface area contributed by atoms with Gasteiger partial charge in [0.05, 0.1) is 10.7 Å². The predicted octanol–water partition coefficient (Wildman–Crippen LogP) is 3.25. The van der Waals surface area contributed by atoms with Gasteiger partial charge < -0.3 is 5.32 Å². The lowest BCUT2D eigenvalue weighted by molar-refractivity contribution is 0.554. The van der Waals surface area contributed by atoms with Crippen LogP contribution in [-0.4, -0.2) is 12.1 Å². The summed E-state index contributed by atoms with van der Waals surface area (Å²) in [6.45, 7) is 6.03. The fourth-order valence-electron chi connectivity index (χ4n) is 1.21. The monoisotopic (exact) mass is 278 g/mol. The molecule has 0 aromatic rings. The van der Waals surface area contributed by atoms with Gasteiger partial charge in [0.15, 0.2) is 0 Å². The van der Waals surface area contributed by atoms with Gasteiger partial charge in [0.1, 0.15) is 5.54 Å². The van der Waals surface area contributed by atoms with Gasteiger partial charge in [-0.15, -0.1) is 4.91 Å². The molecular weight excluding hydrogens is 267 g/mol. The highest BCUT2D eigenvalue weighted by atomic mass is 79.9. The molecule has 0 saturated heterocycles. The first kappa shape index (κ1) is 11.7. The molecule has 0 aliphatic carbocycles. The first-order valence-electron chi connectivity index (χ1n) is 4.24. The highest BCUT2D eigenvalue weighted by Gasteiger charge is 2.30. The van der Waals surface area contributed by atoms with Crippen molar-refractivity contribution in [3.63, 3.8) is 0 Å². The van der Waals surface area contributed by atoms with E-state index in [4.69, 9.17) is 11.6 Å². The van der Waals surface area contributed by atoms with Crippen molar-refractivity contribution in [2.24, 2.45) is 5.18 Å². The molecular formula is C9H12BrClN2O. The van der Waals surface area contributed by atoms with E-state index in [-0.39, 0.29) is 0 Å². The van der Waals surface area contributed by atoms with Gasteiger partial charge in [0, 0.05) is 11.0 Å². The zero-order valence-electron chi connectivity index (χ0n) is 8.32. The van der Waals surface area contributed by atoms with E-state index in [0.717, 1.165) is 10.1 Å². The molecule has 0 aromatic heterocycles. The molecule has 14 heavy (non-hydrogen) atoms. The van der Waals surface area contributed by atoms with Crippen LogP contribution in [0.1, 0.15) is 20.8 Å². The van der Waals surface area contributed by atoms with Crippen molar-refractivity contribution < 1.29 is 0 Å². The Morgan fingerprint density at radius 1 is 1.57 bits per heavy atom. The number of dihydropyridines is 1. The lowest BCUT2D eigenvalue weighted by Crippen LogP contribution is -2.34. The molecule has 5 heteroatoms. The van der Waals surface area contributed by atoms with Crippen molar-refractivity contribution in [2.75, 3.05) is 6.54 Å². The number of nitrogens with one attached hydrogen (secondary N) is 1. The molecule has 1 heterocycles. The maximum Gasteiger partial charge on any atom is 0.138 e. The quantitative estimate of drug-likeness (QED) is 0.788. The molecule has 0 fully saturated rings. The largest absolute Gasteiger partial charge is 0.380 e. The molecule has 0 amide bonds. The summed E-state index contributed by atoms with van der Waals surface area (Å²) in [5, 5.41) is 6.73. The van der Waals surface area contributed by atoms with E-state index in [1.54, 1.807) is 13.8 Å². The number of nitrogens with zero attached hydrogens (tertiary/aromatic N) is 1. The minimum Gasteiger partial charge on any atom is -0.380 e. The zero-order chi connectivity index (χ0) is 10.9. The van der Waals surface area contributed by atoms with Gasteiger partial charge in [-0.25, -0.2) is 0 Å². The number of hydrogen-bond acceptors (Lipinski definition) is 3. The fraction of sp³-hybridized carbons (Fsp3) is 0.556. The van der Waals surface area contributed by atoms with Crippen LogP contribution in [0, 0.1) is 4.91 Å². The van der Waals surface area contributed by atoms with Crippen LogP contribution in [0.4, 0.5) is 0 Å². The number of hydrogen-bond donors (Lipinski definition) is 1. The molecule has 1 rings (SSSR count). The number of rotatable bonds is 2. The molecule has 78 valence electrons. The van der Waals surface area contributed by atoms with E-state index >= 15 is 0 Å². The average Bonchev–Trinajstić information content (AvgIpc) is 2.14. The maximum absolute atomic E-state index is 10.6. The Morgan fingerprint density at radius 2 is 2.14 bits per heavy atom. The van der Waals surface area contributed by atoms with E-state index in [1.807, 2.05) is 6.92 Å². The second-order valence-corrected chi connectivity index (χ2v) is 5.06. The summed E-state index contributed by atoms with van der Waals surface area (Å²) >= 11 is 9.52. The van der Waals surface area contributed by atoms with Gasteiger partial charge in [-0.05, 0) is 26.3 Å². The normalized spacial score (nSPS) is 18.4. The SMILES string of the molecule is CC1=C(Br)CNC(C(C)(C)N=O)=C1Cl. The molecule has 1 aliphatic heterocycles. The van der Waals surface area contributed by atoms with Gasteiger partial charge >= 0.3 is 0 Å². The summed E-state index contributed by atoms with van der Waals surface area (Å²) in [7, 11) is 0. The van der Waals surface area contributed by atoms with Crippen molar-refractivity contribution in [1.29, 1.82) is 0 Å². The molecule has 1 N–H and O–H groups in total. The summed E-state index contributed by atoms with van der Waals surface area (Å²) in [4.78, 5) is 10.6. The summed E-state index contributed by atoms with van der Waals surface area (Å²) in [5.74, 6) is 0. The predicted molar refractivity (Wildman–Crippen MR) is 62.4 cm³/mol. The van der Waals surface area contributed by atoms with Crippen molar-refractivity contribution in [3.8, 4) is 0 Å². The molecule has 0 atom stereocenters. The Kier molecular flexibility index (Phi) is 3.37. The van der Waals surface area contributed by atoms with E-state index in [9.17, 15) is 4.91 Å². The van der Waals surface area contributed by atoms with Crippen LogP contribution < -0.4 is 5.32 Å². The Hall–Kier alpha value is -0.350. The molecule has 0 spiro atoms. The van der Waals surface area contributed by atoms with Gasteiger partial charge in [-0.1, -0.05) is 32.7 Å². The zero-order valence-corrected chi connectivity index (χ0v) is 10.7. The third kappa shape index (κ3) is 2.01. The van der Waals surface area contributed by atoms with Crippen LogP contribution in [0.25, 0.3) is 0 Å². The van der Waals surface area contributed by atoms with Gasteiger partial charge in [0.2, 0.25) is 0 Å². The highest BCUT2D eigenvalue weighted by molar-refractivity contribution is 9.11. The van der Waals surface area contributed by atoms with E-state index in [1.165, 1.54) is 0 Å². The van der Waals surface area contributed by atoms with Crippen LogP contribution in [0.15, 0.2) is 26.0 Å². The minimum absolute atomic E-state index is 0.577. The maximum atomic E-state index is 10.6. The van der Waals surface area contributed by atoms with Gasteiger partial charge in [0.25, 0.3) is 0 Å². The van der Waals surface area contributed by atoms with Crippen LogP contribution in [0.3, 0.4) is 0 Å². The topological polar surface area (TPSA) is 41.5 Å². The molecule has 0 saturated carbocycles. The third-order valence-corrected chi connectivity index (χ3v) is 3.56. The fourth-order valence-corrected chi connectivity index (χ4v) is 2.08. The average molecular weight is 280 g/mol. The molecule has 0 aromatic carbocycles. The van der Waals surface area contributed by atoms with Crippen molar-refractivity contribution >= 4 is 27.5 Å². The Labute approximate surface area is 96.7 Å². The Bertz CT molecular complexity index is 334. The van der Waals surface area contributed by atoms with Crippen molar-refractivity contribution in [3.05, 3.63) is 25.7 Å². The third-order valence-electron chi connectivity index (χ3n) is 2.22. The van der Waals surface area contributed by atoms with Crippen LogP contribution in [0.2, 0.25) is 0 Å². The lowest BCUT2D eigenvalue weighted by Gasteiger charge is -2.27. The van der Waals surface area contributed by atoms with Crippen LogP contribution in [0.5, 0.6) is 0 Å². The molecule has 0 unspecified atom stereocenters. The van der Waals surface area contributed by atoms with Gasteiger partial charge in [-0.2, -0.15) is 0 Å². The van der Waals surface area contributed by atoms with Crippen molar-refractivity contribution in [2.45, 2.75) is 26.3 Å². The van der Waals surface area contributed by atoms with Gasteiger partial charge in [-0.3, -0.25) is 0 Å². The molecule has 3 nitrogen and oxygen atoms in total. The van der Waals surface area contributed by atoms with E-state index in [0.29, 0.717) is 17.3 Å². The van der Waals surface area contributed by atoms with Crippen LogP contribution in [-0.2, 0) is 0 Å². The summed E-state index contributed by atoms with van der Waals surface area (Å²) < 4.78 is 1.01. The highest BCUT2D eigenvalue weighted by Crippen LogP contribution is 2.33. The number of allylic oxidation sites excluding steroid dienone is 2. The van der Waals surface area contributed by atoms with Crippen molar-refractivity contribution in [1.82, 2.24) is 5.32 Å². The first-order chi connectivity index (χ1) is 6.40. The molecule has 0 radical (unpaired) electrons. The Balaban J connectivity index is 3.19. The number of nitroso groups, excluding NO2 is 1. The summed E-state index contributed by atoms with van der Waals surface area (Å²) in [5.41, 5.74) is 0.846. The second-order valence-electron chi connectivity index (χ2n) is 3.72. The minimum atomic E-state index is -0.800. The van der Waals surface area contributed by atoms with Crippen LogP contribution >= 0.6 is 27.5 Å². The van der Waals surface area contributed by atoms with E-state index in [2.05, 4.69) is 26.4 Å². The second kappa shape index (κ2) is 4.03. The van der Waals surface area contributed by atoms with E-state index < -0.39 is 5.54 Å². The summed E-state index contributed by atoms with van der Waals surface area (Å²) in [6.07, 6.45) is 0.